The molecule has 1 rings (SSSR count). The van der Waals surface area contributed by atoms with E-state index in [1.807, 2.05) is 0 Å². The molecule has 15 heavy (non-hydrogen) atoms. The predicted octanol–water partition coefficient (Wildman–Crippen LogP) is 2.51. The molecule has 5 heteroatoms. The van der Waals surface area contributed by atoms with Crippen LogP contribution in [0.25, 0.3) is 0 Å². The third-order valence-electron chi connectivity index (χ3n) is 1.82. The van der Waals surface area contributed by atoms with Gasteiger partial charge in [-0.2, -0.15) is 0 Å². The normalized spacial score (nSPS) is 12.0. The number of benzene rings is 1. The monoisotopic (exact) mass is 247 g/mol. The third kappa shape index (κ3) is 3.29. The SMILES string of the molecule is CNC(=O)[C@H](C)Oc1ccc(Cl)c(Cl)c1. The van der Waals surface area contributed by atoms with E-state index in [-0.39, 0.29) is 5.91 Å². The number of hydrogen-bond acceptors (Lipinski definition) is 2. The van der Waals surface area contributed by atoms with Gasteiger partial charge in [0, 0.05) is 13.1 Å². The lowest BCUT2D eigenvalue weighted by Crippen LogP contribution is -2.33. The van der Waals surface area contributed by atoms with Crippen LogP contribution in [0.15, 0.2) is 18.2 Å². The van der Waals surface area contributed by atoms with Crippen molar-refractivity contribution in [3.8, 4) is 5.75 Å². The molecule has 1 amide bonds. The molecule has 3 nitrogen and oxygen atoms in total. The molecule has 0 aliphatic rings. The van der Waals surface area contributed by atoms with Crippen molar-refractivity contribution < 1.29 is 9.53 Å². The number of hydrogen-bond donors (Lipinski definition) is 1. The van der Waals surface area contributed by atoms with Crippen molar-refractivity contribution in [3.63, 3.8) is 0 Å². The van der Waals surface area contributed by atoms with Crippen molar-refractivity contribution in [3.05, 3.63) is 28.2 Å². The van der Waals surface area contributed by atoms with Crippen molar-refractivity contribution >= 4 is 29.1 Å². The molecule has 0 saturated carbocycles. The van der Waals surface area contributed by atoms with Gasteiger partial charge in [-0.05, 0) is 19.1 Å². The van der Waals surface area contributed by atoms with Crippen molar-refractivity contribution in [1.82, 2.24) is 5.32 Å². The minimum atomic E-state index is -0.563. The molecule has 1 aromatic carbocycles. The maximum absolute atomic E-state index is 11.2. The van der Waals surface area contributed by atoms with Crippen LogP contribution in [0.3, 0.4) is 0 Å². The highest BCUT2D eigenvalue weighted by atomic mass is 35.5. The highest BCUT2D eigenvalue weighted by Crippen LogP contribution is 2.26. The smallest absolute Gasteiger partial charge is 0.260 e. The molecule has 82 valence electrons. The summed E-state index contributed by atoms with van der Waals surface area (Å²) in [4.78, 5) is 11.2. The number of halogens is 2. The van der Waals surface area contributed by atoms with Crippen molar-refractivity contribution in [2.75, 3.05) is 7.05 Å². The molecule has 0 saturated heterocycles. The Morgan fingerprint density at radius 3 is 2.60 bits per heavy atom. The van der Waals surface area contributed by atoms with Crippen molar-refractivity contribution in [1.29, 1.82) is 0 Å². The second-order valence-electron chi connectivity index (χ2n) is 2.95. The van der Waals surface area contributed by atoms with Crippen LogP contribution in [0.2, 0.25) is 10.0 Å². The van der Waals surface area contributed by atoms with Gasteiger partial charge in [-0.15, -0.1) is 0 Å². The summed E-state index contributed by atoms with van der Waals surface area (Å²) in [5.74, 6) is 0.321. The summed E-state index contributed by atoms with van der Waals surface area (Å²) in [5, 5.41) is 3.34. The second kappa shape index (κ2) is 5.24. The minimum absolute atomic E-state index is 0.193. The zero-order valence-electron chi connectivity index (χ0n) is 8.38. The molecule has 0 aliphatic carbocycles. The van der Waals surface area contributed by atoms with Crippen LogP contribution in [0.4, 0.5) is 0 Å². The first-order chi connectivity index (χ1) is 7.04. The lowest BCUT2D eigenvalue weighted by molar-refractivity contribution is -0.126. The van der Waals surface area contributed by atoms with Crippen LogP contribution < -0.4 is 10.1 Å². The van der Waals surface area contributed by atoms with E-state index in [4.69, 9.17) is 27.9 Å². The van der Waals surface area contributed by atoms with Gasteiger partial charge in [0.25, 0.3) is 5.91 Å². The average Bonchev–Trinajstić information content (AvgIpc) is 2.22. The summed E-state index contributed by atoms with van der Waals surface area (Å²) in [5.41, 5.74) is 0. The summed E-state index contributed by atoms with van der Waals surface area (Å²) >= 11 is 11.5. The third-order valence-corrected chi connectivity index (χ3v) is 2.56. The predicted molar refractivity (Wildman–Crippen MR) is 60.6 cm³/mol. The van der Waals surface area contributed by atoms with Gasteiger partial charge in [0.1, 0.15) is 5.75 Å². The Hall–Kier alpha value is -0.930. The molecule has 1 aromatic rings. The summed E-state index contributed by atoms with van der Waals surface area (Å²) in [6.07, 6.45) is -0.563. The Bertz CT molecular complexity index is 368. The topological polar surface area (TPSA) is 38.3 Å². The van der Waals surface area contributed by atoms with Gasteiger partial charge in [0.15, 0.2) is 6.10 Å². The van der Waals surface area contributed by atoms with E-state index in [1.54, 1.807) is 32.2 Å². The lowest BCUT2D eigenvalue weighted by atomic mass is 10.3. The summed E-state index contributed by atoms with van der Waals surface area (Å²) in [7, 11) is 1.55. The maximum Gasteiger partial charge on any atom is 0.260 e. The highest BCUT2D eigenvalue weighted by Gasteiger charge is 2.12. The molecule has 0 bridgehead atoms. The summed E-state index contributed by atoms with van der Waals surface area (Å²) in [6, 6.07) is 4.85. The van der Waals surface area contributed by atoms with Crippen molar-refractivity contribution in [2.45, 2.75) is 13.0 Å². The number of amides is 1. The molecule has 0 spiro atoms. The Morgan fingerprint density at radius 2 is 2.07 bits per heavy atom. The molecule has 0 unspecified atom stereocenters. The van der Waals surface area contributed by atoms with E-state index >= 15 is 0 Å². The standard InChI is InChI=1S/C10H11Cl2NO2/c1-6(10(14)13-2)15-7-3-4-8(11)9(12)5-7/h3-6H,1-2H3,(H,13,14)/t6-/m0/s1. The molecule has 0 radical (unpaired) electrons. The van der Waals surface area contributed by atoms with Gasteiger partial charge in [-0.3, -0.25) is 4.79 Å². The van der Waals surface area contributed by atoms with Gasteiger partial charge in [0.05, 0.1) is 10.0 Å². The number of likely N-dealkylation sites (N-methyl/N-ethyl adjacent to an activating group) is 1. The van der Waals surface area contributed by atoms with Gasteiger partial charge < -0.3 is 10.1 Å². The first-order valence-electron chi connectivity index (χ1n) is 4.38. The van der Waals surface area contributed by atoms with Crippen LogP contribution in [-0.4, -0.2) is 19.1 Å². The van der Waals surface area contributed by atoms with E-state index in [2.05, 4.69) is 5.32 Å². The molecule has 0 heterocycles. The van der Waals surface area contributed by atoms with E-state index in [0.717, 1.165) is 0 Å². The molecule has 1 N–H and O–H groups in total. The highest BCUT2D eigenvalue weighted by molar-refractivity contribution is 6.42. The number of nitrogens with one attached hydrogen (secondary N) is 1. The first kappa shape index (κ1) is 12.1. The van der Waals surface area contributed by atoms with Gasteiger partial charge in [-0.1, -0.05) is 23.2 Å². The zero-order chi connectivity index (χ0) is 11.4. The molecule has 0 fully saturated rings. The Balaban J connectivity index is 2.73. The number of ether oxygens (including phenoxy) is 1. The quantitative estimate of drug-likeness (QED) is 0.892. The van der Waals surface area contributed by atoms with Crippen LogP contribution in [0.1, 0.15) is 6.92 Å². The molecular weight excluding hydrogens is 237 g/mol. The van der Waals surface area contributed by atoms with Crippen LogP contribution in [0.5, 0.6) is 5.75 Å². The lowest BCUT2D eigenvalue weighted by Gasteiger charge is -2.13. The minimum Gasteiger partial charge on any atom is -0.481 e. The van der Waals surface area contributed by atoms with Gasteiger partial charge >= 0.3 is 0 Å². The summed E-state index contributed by atoms with van der Waals surface area (Å²) < 4.78 is 5.35. The van der Waals surface area contributed by atoms with E-state index < -0.39 is 6.10 Å². The Morgan fingerprint density at radius 1 is 1.40 bits per heavy atom. The molecule has 1 atom stereocenters. The largest absolute Gasteiger partial charge is 0.481 e. The fourth-order valence-electron chi connectivity index (χ4n) is 1.01. The second-order valence-corrected chi connectivity index (χ2v) is 3.76. The van der Waals surface area contributed by atoms with Crippen LogP contribution in [0, 0.1) is 0 Å². The number of rotatable bonds is 3. The molecular formula is C10H11Cl2NO2. The fraction of sp³-hybridized carbons (Fsp3) is 0.300. The first-order valence-corrected chi connectivity index (χ1v) is 5.13. The van der Waals surface area contributed by atoms with Gasteiger partial charge in [-0.25, -0.2) is 0 Å². The number of carbonyl (C=O) groups excluding carboxylic acids is 1. The van der Waals surface area contributed by atoms with E-state index in [0.29, 0.717) is 15.8 Å². The fourth-order valence-corrected chi connectivity index (χ4v) is 1.30. The van der Waals surface area contributed by atoms with Gasteiger partial charge in [0.2, 0.25) is 0 Å². The zero-order valence-corrected chi connectivity index (χ0v) is 9.89. The number of carbonyl (C=O) groups is 1. The average molecular weight is 248 g/mol. The molecule has 0 aliphatic heterocycles. The Kier molecular flexibility index (Phi) is 4.24. The van der Waals surface area contributed by atoms with E-state index in [9.17, 15) is 4.79 Å². The molecule has 0 aromatic heterocycles. The maximum atomic E-state index is 11.2. The summed E-state index contributed by atoms with van der Waals surface area (Å²) in [6.45, 7) is 1.65. The van der Waals surface area contributed by atoms with E-state index in [1.165, 1.54) is 0 Å². The Labute approximate surface area is 98.3 Å². The van der Waals surface area contributed by atoms with Crippen molar-refractivity contribution in [2.24, 2.45) is 0 Å². The van der Waals surface area contributed by atoms with Crippen LogP contribution >= 0.6 is 23.2 Å². The van der Waals surface area contributed by atoms with Crippen LogP contribution in [-0.2, 0) is 4.79 Å².